The van der Waals surface area contributed by atoms with Gasteiger partial charge in [0.1, 0.15) is 11.8 Å². The number of benzene rings is 6. The topological polar surface area (TPSA) is 36.3 Å². The number of hydrogen-bond donors (Lipinski definition) is 0. The van der Waals surface area contributed by atoms with E-state index in [1.807, 2.05) is 18.2 Å². The summed E-state index contributed by atoms with van der Waals surface area (Å²) in [4.78, 5) is 2.23. The van der Waals surface area contributed by atoms with E-state index in [-0.39, 0.29) is 0 Å². The first-order valence-electron chi connectivity index (χ1n) is 13.3. The van der Waals surface area contributed by atoms with Crippen molar-refractivity contribution in [2.75, 3.05) is 12.0 Å². The molecule has 0 N–H and O–H groups in total. The highest BCUT2D eigenvalue weighted by Gasteiger charge is 2.12. The van der Waals surface area contributed by atoms with Crippen molar-refractivity contribution in [2.45, 2.75) is 6.92 Å². The molecule has 0 aliphatic rings. The van der Waals surface area contributed by atoms with E-state index in [1.54, 1.807) is 7.11 Å². The van der Waals surface area contributed by atoms with Crippen molar-refractivity contribution in [1.82, 2.24) is 0 Å². The Bertz CT molecular complexity index is 1880. The molecule has 192 valence electrons. The molecule has 0 saturated carbocycles. The minimum absolute atomic E-state index is 0.738. The predicted octanol–water partition coefficient (Wildman–Crippen LogP) is 9.82. The van der Waals surface area contributed by atoms with Gasteiger partial charge in [-0.25, -0.2) is 0 Å². The second kappa shape index (κ2) is 10.8. The van der Waals surface area contributed by atoms with Crippen LogP contribution in [0.3, 0.4) is 0 Å². The third kappa shape index (κ3) is 4.91. The molecular formula is C37H28N2O. The first-order valence-corrected chi connectivity index (χ1v) is 13.3. The summed E-state index contributed by atoms with van der Waals surface area (Å²) < 4.78 is 5.36. The Morgan fingerprint density at radius 3 is 1.98 bits per heavy atom. The van der Waals surface area contributed by atoms with Crippen molar-refractivity contribution in [3.05, 3.63) is 144 Å². The highest BCUT2D eigenvalue weighted by Crippen LogP contribution is 2.35. The van der Waals surface area contributed by atoms with Gasteiger partial charge in [0, 0.05) is 27.8 Å². The number of para-hydroxylation sites is 1. The van der Waals surface area contributed by atoms with Crippen LogP contribution in [0.15, 0.2) is 121 Å². The number of rotatable bonds is 6. The average molecular weight is 517 g/mol. The lowest BCUT2D eigenvalue weighted by atomic mass is 9.95. The molecule has 0 saturated heterocycles. The second-order valence-electron chi connectivity index (χ2n) is 9.86. The maximum Gasteiger partial charge on any atom is 0.119 e. The molecule has 40 heavy (non-hydrogen) atoms. The quantitative estimate of drug-likeness (QED) is 0.163. The van der Waals surface area contributed by atoms with E-state index in [2.05, 4.69) is 133 Å². The van der Waals surface area contributed by atoms with Gasteiger partial charge in [-0.1, -0.05) is 78.4 Å². The molecule has 0 fully saturated rings. The van der Waals surface area contributed by atoms with Crippen LogP contribution in [0, 0.1) is 18.3 Å². The van der Waals surface area contributed by atoms with Gasteiger partial charge in [0.15, 0.2) is 0 Å². The first kappa shape index (κ1) is 25.0. The van der Waals surface area contributed by atoms with Gasteiger partial charge in [-0.15, -0.1) is 0 Å². The van der Waals surface area contributed by atoms with Crippen LogP contribution in [0.1, 0.15) is 22.3 Å². The number of methoxy groups -OCH3 is 1. The normalized spacial score (nSPS) is 11.1. The van der Waals surface area contributed by atoms with Crippen LogP contribution in [0.4, 0.5) is 17.1 Å². The molecule has 3 nitrogen and oxygen atoms in total. The average Bonchev–Trinajstić information content (AvgIpc) is 3.00. The van der Waals surface area contributed by atoms with E-state index in [4.69, 9.17) is 4.74 Å². The summed E-state index contributed by atoms with van der Waals surface area (Å²) in [5.74, 6) is 0.832. The highest BCUT2D eigenvalue weighted by atomic mass is 16.5. The zero-order valence-electron chi connectivity index (χ0n) is 22.5. The summed E-state index contributed by atoms with van der Waals surface area (Å²) in [5, 5.41) is 14.1. The Labute approximate surface area is 234 Å². The summed E-state index contributed by atoms with van der Waals surface area (Å²) in [6.45, 7) is 2.06. The molecule has 0 radical (unpaired) electrons. The molecule has 6 aromatic carbocycles. The Hall–Kier alpha value is -5.33. The van der Waals surface area contributed by atoms with Crippen molar-refractivity contribution in [3.63, 3.8) is 0 Å². The summed E-state index contributed by atoms with van der Waals surface area (Å²) in [6.07, 6.45) is 4.25. The standard InChI is InChI=1S/C37H28N2O/c1-26-8-14-29-24-30-23-28(13-21-35(30)37(25-38)36(29)22-26)10-9-27-11-15-32(16-12-27)39(31-6-4-3-5-7-31)33-17-19-34(40-2)20-18-33/h3-24H,1-2H3. The van der Waals surface area contributed by atoms with Gasteiger partial charge in [0.25, 0.3) is 0 Å². The Morgan fingerprint density at radius 1 is 0.625 bits per heavy atom. The molecule has 0 spiro atoms. The van der Waals surface area contributed by atoms with Crippen molar-refractivity contribution >= 4 is 50.8 Å². The smallest absolute Gasteiger partial charge is 0.119 e. The summed E-state index contributed by atoms with van der Waals surface area (Å²) in [6, 6.07) is 44.2. The Kier molecular flexibility index (Phi) is 6.75. The number of anilines is 3. The molecule has 0 heterocycles. The minimum atomic E-state index is 0.738. The largest absolute Gasteiger partial charge is 0.497 e. The number of nitriles is 1. The molecule has 0 amide bonds. The van der Waals surface area contributed by atoms with Crippen molar-refractivity contribution in [2.24, 2.45) is 0 Å². The van der Waals surface area contributed by atoms with Gasteiger partial charge in [-0.3, -0.25) is 0 Å². The lowest BCUT2D eigenvalue weighted by Gasteiger charge is -2.25. The zero-order chi connectivity index (χ0) is 27.5. The number of hydrogen-bond acceptors (Lipinski definition) is 3. The minimum Gasteiger partial charge on any atom is -0.497 e. The molecule has 0 atom stereocenters. The van der Waals surface area contributed by atoms with Crippen LogP contribution in [0.5, 0.6) is 5.75 Å². The molecule has 6 aromatic rings. The van der Waals surface area contributed by atoms with Crippen LogP contribution < -0.4 is 9.64 Å². The fraction of sp³-hybridized carbons (Fsp3) is 0.0541. The molecular weight excluding hydrogens is 488 g/mol. The highest BCUT2D eigenvalue weighted by molar-refractivity contribution is 6.05. The van der Waals surface area contributed by atoms with Crippen molar-refractivity contribution < 1.29 is 4.74 Å². The molecule has 3 heteroatoms. The Balaban J connectivity index is 1.30. The molecule has 0 aromatic heterocycles. The molecule has 6 rings (SSSR count). The van der Waals surface area contributed by atoms with Crippen LogP contribution >= 0.6 is 0 Å². The first-order chi connectivity index (χ1) is 19.6. The lowest BCUT2D eigenvalue weighted by molar-refractivity contribution is 0.415. The zero-order valence-corrected chi connectivity index (χ0v) is 22.5. The van der Waals surface area contributed by atoms with E-state index in [1.165, 1.54) is 0 Å². The van der Waals surface area contributed by atoms with Crippen molar-refractivity contribution in [3.8, 4) is 11.8 Å². The summed E-state index contributed by atoms with van der Waals surface area (Å²) in [5.41, 5.74) is 7.32. The van der Waals surface area contributed by atoms with Gasteiger partial charge in [0.05, 0.1) is 12.7 Å². The molecule has 0 aliphatic carbocycles. The van der Waals surface area contributed by atoms with Gasteiger partial charge in [-0.05, 0) is 89.5 Å². The maximum absolute atomic E-state index is 9.90. The van der Waals surface area contributed by atoms with Gasteiger partial charge in [0.2, 0.25) is 0 Å². The third-order valence-corrected chi connectivity index (χ3v) is 7.21. The Morgan fingerprint density at radius 2 is 1.27 bits per heavy atom. The van der Waals surface area contributed by atoms with Gasteiger partial charge < -0.3 is 9.64 Å². The maximum atomic E-state index is 9.90. The monoisotopic (exact) mass is 516 g/mol. The third-order valence-electron chi connectivity index (χ3n) is 7.21. The van der Waals surface area contributed by atoms with E-state index < -0.39 is 0 Å². The summed E-state index contributed by atoms with van der Waals surface area (Å²) >= 11 is 0. The second-order valence-corrected chi connectivity index (χ2v) is 9.86. The van der Waals surface area contributed by atoms with E-state index in [0.29, 0.717) is 0 Å². The molecule has 0 aliphatic heterocycles. The number of fused-ring (bicyclic) bond motifs is 2. The molecule has 0 bridgehead atoms. The van der Waals surface area contributed by atoms with Crippen LogP contribution in [-0.2, 0) is 0 Å². The lowest BCUT2D eigenvalue weighted by Crippen LogP contribution is -2.09. The van der Waals surface area contributed by atoms with Crippen LogP contribution in [0.2, 0.25) is 0 Å². The fourth-order valence-corrected chi connectivity index (χ4v) is 5.16. The van der Waals surface area contributed by atoms with Gasteiger partial charge >= 0.3 is 0 Å². The number of aryl methyl sites for hydroxylation is 1. The van der Waals surface area contributed by atoms with Crippen LogP contribution in [-0.4, -0.2) is 7.11 Å². The van der Waals surface area contributed by atoms with Gasteiger partial charge in [-0.2, -0.15) is 5.26 Å². The fourth-order valence-electron chi connectivity index (χ4n) is 5.16. The van der Waals surface area contributed by atoms with E-state index in [0.717, 1.165) is 66.6 Å². The molecule has 0 unspecified atom stereocenters. The SMILES string of the molecule is COc1ccc(N(c2ccccc2)c2ccc(C=Cc3ccc4c(C#N)c5cc(C)ccc5cc4c3)cc2)cc1. The number of ether oxygens (including phenoxy) is 1. The summed E-state index contributed by atoms with van der Waals surface area (Å²) in [7, 11) is 1.68. The number of nitrogens with zero attached hydrogens (tertiary/aromatic N) is 2. The predicted molar refractivity (Wildman–Crippen MR) is 168 cm³/mol. The van der Waals surface area contributed by atoms with E-state index in [9.17, 15) is 5.26 Å². The van der Waals surface area contributed by atoms with E-state index >= 15 is 0 Å². The van der Waals surface area contributed by atoms with Crippen molar-refractivity contribution in [1.29, 1.82) is 5.26 Å². The van der Waals surface area contributed by atoms with Crippen LogP contribution in [0.25, 0.3) is 33.7 Å².